The number of aryl methyl sites for hydroxylation is 1. The van der Waals surface area contributed by atoms with Gasteiger partial charge in [0, 0.05) is 11.8 Å². The Morgan fingerprint density at radius 3 is 2.09 bits per heavy atom. The third kappa shape index (κ3) is 9.00. The van der Waals surface area contributed by atoms with E-state index in [4.69, 9.17) is 4.74 Å². The van der Waals surface area contributed by atoms with E-state index in [1.165, 1.54) is 63.4 Å². The molecule has 0 radical (unpaired) electrons. The number of carbonyl (C=O) groups is 1. The minimum atomic E-state index is -1.11. The number of pyridine rings is 1. The normalized spacial score (nSPS) is 12.7. The minimum Gasteiger partial charge on any atom is -0.425 e. The van der Waals surface area contributed by atoms with Crippen molar-refractivity contribution in [3.8, 4) is 23.1 Å². The Kier molecular flexibility index (Phi) is 11.7. The number of ether oxygens (including phenoxy) is 1. The molecule has 0 saturated heterocycles. The van der Waals surface area contributed by atoms with Crippen LogP contribution in [0.4, 0.5) is 0 Å². The van der Waals surface area contributed by atoms with E-state index in [0.29, 0.717) is 12.2 Å². The number of benzene rings is 1. The van der Waals surface area contributed by atoms with Gasteiger partial charge in [0.1, 0.15) is 5.75 Å². The van der Waals surface area contributed by atoms with E-state index in [1.54, 1.807) is 19.1 Å². The van der Waals surface area contributed by atoms with Crippen LogP contribution in [0.5, 0.6) is 5.75 Å². The van der Waals surface area contributed by atoms with Gasteiger partial charge in [0.2, 0.25) is 0 Å². The third-order valence-electron chi connectivity index (χ3n) is 6.20. The van der Waals surface area contributed by atoms with Gasteiger partial charge >= 0.3 is 5.97 Å². The van der Waals surface area contributed by atoms with E-state index in [0.717, 1.165) is 24.1 Å². The largest absolute Gasteiger partial charge is 0.425 e. The average Bonchev–Trinajstić information content (AvgIpc) is 2.84. The van der Waals surface area contributed by atoms with Gasteiger partial charge in [0.15, 0.2) is 5.41 Å². The standard InChI is InChI=1S/C29H40N2O2/c1-4-6-7-8-9-10-11-12-13-14-24-15-20-27(31-22-24)25-16-18-26(19-17-25)33-28(32)29(3,23-30)21-5-2/h15-20,22H,4-14,21H2,1-3H3. The van der Waals surface area contributed by atoms with Gasteiger partial charge in [0.05, 0.1) is 11.8 Å². The van der Waals surface area contributed by atoms with Crippen molar-refractivity contribution in [1.29, 1.82) is 5.26 Å². The topological polar surface area (TPSA) is 63.0 Å². The number of nitrogens with zero attached hydrogens (tertiary/aromatic N) is 2. The van der Waals surface area contributed by atoms with Crippen molar-refractivity contribution in [3.63, 3.8) is 0 Å². The van der Waals surface area contributed by atoms with Crippen molar-refractivity contribution in [2.24, 2.45) is 5.41 Å². The molecule has 0 saturated carbocycles. The molecule has 178 valence electrons. The molecule has 1 atom stereocenters. The van der Waals surface area contributed by atoms with Crippen LogP contribution < -0.4 is 4.74 Å². The van der Waals surface area contributed by atoms with E-state index >= 15 is 0 Å². The van der Waals surface area contributed by atoms with Crippen molar-refractivity contribution in [2.75, 3.05) is 0 Å². The molecule has 2 aromatic rings. The Bertz CT molecular complexity index is 868. The Labute approximate surface area is 200 Å². The van der Waals surface area contributed by atoms with Crippen LogP contribution in [0.15, 0.2) is 42.6 Å². The highest BCUT2D eigenvalue weighted by molar-refractivity contribution is 5.81. The minimum absolute atomic E-state index is 0.448. The van der Waals surface area contributed by atoms with Crippen LogP contribution in [0, 0.1) is 16.7 Å². The maximum absolute atomic E-state index is 12.4. The lowest BCUT2D eigenvalue weighted by molar-refractivity contribution is -0.142. The summed E-state index contributed by atoms with van der Waals surface area (Å²) in [6.07, 6.45) is 16.3. The summed E-state index contributed by atoms with van der Waals surface area (Å²) in [7, 11) is 0. The number of rotatable bonds is 15. The molecule has 1 aromatic carbocycles. The van der Waals surface area contributed by atoms with Gasteiger partial charge in [-0.25, -0.2) is 4.79 Å². The Balaban J connectivity index is 1.78. The monoisotopic (exact) mass is 448 g/mol. The highest BCUT2D eigenvalue weighted by Gasteiger charge is 2.34. The molecule has 0 bridgehead atoms. The molecule has 33 heavy (non-hydrogen) atoms. The summed E-state index contributed by atoms with van der Waals surface area (Å²) in [5, 5.41) is 9.35. The van der Waals surface area contributed by atoms with E-state index in [9.17, 15) is 10.1 Å². The number of hydrogen-bond acceptors (Lipinski definition) is 4. The predicted octanol–water partition coefficient (Wildman–Crippen LogP) is 8.06. The zero-order valence-electron chi connectivity index (χ0n) is 20.7. The molecule has 2 rings (SSSR count). The van der Waals surface area contributed by atoms with Gasteiger partial charge < -0.3 is 4.74 Å². The van der Waals surface area contributed by atoms with E-state index < -0.39 is 11.4 Å². The SMILES string of the molecule is CCCCCCCCCCCc1ccc(-c2ccc(OC(=O)C(C)(C#N)CCC)cc2)nc1. The van der Waals surface area contributed by atoms with E-state index in [-0.39, 0.29) is 0 Å². The van der Waals surface area contributed by atoms with Gasteiger partial charge in [-0.3, -0.25) is 4.98 Å². The molecule has 1 heterocycles. The van der Waals surface area contributed by atoms with Gasteiger partial charge in [-0.2, -0.15) is 5.26 Å². The molecule has 0 N–H and O–H groups in total. The first-order valence-corrected chi connectivity index (χ1v) is 12.7. The van der Waals surface area contributed by atoms with Crippen LogP contribution in [0.2, 0.25) is 0 Å². The lowest BCUT2D eigenvalue weighted by Crippen LogP contribution is -2.30. The van der Waals surface area contributed by atoms with Gasteiger partial charge in [-0.1, -0.05) is 77.7 Å². The molecule has 0 aliphatic carbocycles. The predicted molar refractivity (Wildman–Crippen MR) is 135 cm³/mol. The number of aromatic nitrogens is 1. The van der Waals surface area contributed by atoms with Crippen molar-refractivity contribution in [1.82, 2.24) is 4.98 Å². The van der Waals surface area contributed by atoms with E-state index in [1.807, 2.05) is 25.3 Å². The Hall–Kier alpha value is -2.67. The Morgan fingerprint density at radius 1 is 0.909 bits per heavy atom. The molecule has 0 aliphatic rings. The molecule has 0 amide bonds. The molecule has 0 aliphatic heterocycles. The second kappa shape index (κ2) is 14.5. The van der Waals surface area contributed by atoms with Crippen LogP contribution >= 0.6 is 0 Å². The first kappa shape index (κ1) is 26.6. The molecular formula is C29H40N2O2. The van der Waals surface area contributed by atoms with Crippen molar-refractivity contribution in [2.45, 2.75) is 97.8 Å². The summed E-state index contributed by atoms with van der Waals surface area (Å²) in [4.78, 5) is 17.0. The quantitative estimate of drug-likeness (QED) is 0.157. The summed E-state index contributed by atoms with van der Waals surface area (Å²) < 4.78 is 5.45. The lowest BCUT2D eigenvalue weighted by Gasteiger charge is -2.18. The van der Waals surface area contributed by atoms with Crippen molar-refractivity contribution < 1.29 is 9.53 Å². The number of unbranched alkanes of at least 4 members (excludes halogenated alkanes) is 8. The second-order valence-electron chi connectivity index (χ2n) is 9.24. The first-order chi connectivity index (χ1) is 16.0. The van der Waals surface area contributed by atoms with Gasteiger partial charge in [-0.05, 0) is 62.1 Å². The van der Waals surface area contributed by atoms with Crippen LogP contribution in [-0.2, 0) is 11.2 Å². The molecule has 0 fully saturated rings. The van der Waals surface area contributed by atoms with Crippen molar-refractivity contribution >= 4 is 5.97 Å². The highest BCUT2D eigenvalue weighted by atomic mass is 16.5. The van der Waals surface area contributed by atoms with Crippen LogP contribution in [0.25, 0.3) is 11.3 Å². The fourth-order valence-electron chi connectivity index (χ4n) is 4.00. The zero-order chi connectivity index (χ0) is 23.9. The molecule has 1 unspecified atom stereocenters. The van der Waals surface area contributed by atoms with Gasteiger partial charge in [-0.15, -0.1) is 0 Å². The number of hydrogen-bond donors (Lipinski definition) is 0. The third-order valence-corrected chi connectivity index (χ3v) is 6.20. The maximum Gasteiger partial charge on any atom is 0.331 e. The Morgan fingerprint density at radius 2 is 1.55 bits per heavy atom. The van der Waals surface area contributed by atoms with Crippen LogP contribution in [-0.4, -0.2) is 11.0 Å². The molecule has 0 spiro atoms. The lowest BCUT2D eigenvalue weighted by atomic mass is 9.87. The summed E-state index contributed by atoms with van der Waals surface area (Å²) in [6.45, 7) is 5.85. The zero-order valence-corrected chi connectivity index (χ0v) is 20.7. The van der Waals surface area contributed by atoms with Crippen molar-refractivity contribution in [3.05, 3.63) is 48.2 Å². The molecular weight excluding hydrogens is 408 g/mol. The number of esters is 1. The fraction of sp³-hybridized carbons (Fsp3) is 0.552. The average molecular weight is 449 g/mol. The molecule has 4 heteroatoms. The van der Waals surface area contributed by atoms with Crippen LogP contribution in [0.3, 0.4) is 0 Å². The summed E-state index contributed by atoms with van der Waals surface area (Å²) in [5.74, 6) is -0.0538. The van der Waals surface area contributed by atoms with Crippen LogP contribution in [0.1, 0.15) is 97.0 Å². The highest BCUT2D eigenvalue weighted by Crippen LogP contribution is 2.27. The smallest absolute Gasteiger partial charge is 0.331 e. The maximum atomic E-state index is 12.4. The fourth-order valence-corrected chi connectivity index (χ4v) is 4.00. The summed E-state index contributed by atoms with van der Waals surface area (Å²) in [5.41, 5.74) is 2.04. The number of carbonyl (C=O) groups excluding carboxylic acids is 1. The van der Waals surface area contributed by atoms with Gasteiger partial charge in [0.25, 0.3) is 0 Å². The number of nitriles is 1. The summed E-state index contributed by atoms with van der Waals surface area (Å²) >= 11 is 0. The molecule has 4 nitrogen and oxygen atoms in total. The molecule has 1 aromatic heterocycles. The first-order valence-electron chi connectivity index (χ1n) is 12.7. The van der Waals surface area contributed by atoms with E-state index in [2.05, 4.69) is 30.1 Å². The second-order valence-corrected chi connectivity index (χ2v) is 9.24. The summed E-state index contributed by atoms with van der Waals surface area (Å²) in [6, 6.07) is 13.6.